The van der Waals surface area contributed by atoms with Crippen LogP contribution in [0.1, 0.15) is 47.4 Å². The van der Waals surface area contributed by atoms with Crippen LogP contribution in [0.5, 0.6) is 0 Å². The molecule has 25 heavy (non-hydrogen) atoms. The molecule has 1 aromatic carbocycles. The van der Waals surface area contributed by atoms with Gasteiger partial charge in [0, 0.05) is 19.0 Å². The second-order valence-corrected chi connectivity index (χ2v) is 6.89. The molecule has 2 amide bonds. The Hall–Kier alpha value is -2.56. The number of fused-ring (bicyclic) bond motifs is 1. The first-order valence-corrected chi connectivity index (χ1v) is 8.94. The Morgan fingerprint density at radius 1 is 1.04 bits per heavy atom. The number of nitrogens with zero attached hydrogens (tertiary/aromatic N) is 1. The fourth-order valence-corrected chi connectivity index (χ4v) is 3.88. The zero-order valence-electron chi connectivity index (χ0n) is 14.1. The Morgan fingerprint density at radius 2 is 1.80 bits per heavy atom. The Morgan fingerprint density at radius 3 is 2.52 bits per heavy atom. The maximum absolute atomic E-state index is 12.9. The number of benzene rings is 1. The van der Waals surface area contributed by atoms with Gasteiger partial charge in [0.1, 0.15) is 6.04 Å². The smallest absolute Gasteiger partial charge is 0.290 e. The number of carbonyl (C=O) groups excluding carboxylic acids is 2. The van der Waals surface area contributed by atoms with Crippen LogP contribution in [0.2, 0.25) is 0 Å². The van der Waals surface area contributed by atoms with Crippen molar-refractivity contribution in [2.75, 3.05) is 0 Å². The van der Waals surface area contributed by atoms with E-state index in [-0.39, 0.29) is 23.6 Å². The molecule has 4 rings (SSSR count). The molecule has 1 aliphatic carbocycles. The van der Waals surface area contributed by atoms with E-state index in [1.807, 2.05) is 24.3 Å². The van der Waals surface area contributed by atoms with Gasteiger partial charge in [0.15, 0.2) is 5.76 Å². The predicted molar refractivity (Wildman–Crippen MR) is 92.9 cm³/mol. The van der Waals surface area contributed by atoms with Crippen molar-refractivity contribution >= 4 is 11.8 Å². The minimum Gasteiger partial charge on any atom is -0.459 e. The first-order chi connectivity index (χ1) is 12.2. The van der Waals surface area contributed by atoms with Crippen LogP contribution in [0.3, 0.4) is 0 Å². The van der Waals surface area contributed by atoms with Crippen LogP contribution in [-0.2, 0) is 17.8 Å². The summed E-state index contributed by atoms with van der Waals surface area (Å²) in [6, 6.07) is 11.1. The highest BCUT2D eigenvalue weighted by molar-refractivity contribution is 5.96. The normalized spacial score (nSPS) is 20.3. The molecule has 0 spiro atoms. The molecule has 2 aromatic rings. The van der Waals surface area contributed by atoms with Gasteiger partial charge in [0.05, 0.1) is 6.26 Å². The quantitative estimate of drug-likeness (QED) is 0.936. The molecule has 0 saturated heterocycles. The lowest BCUT2D eigenvalue weighted by atomic mass is 9.93. The van der Waals surface area contributed by atoms with Gasteiger partial charge in [-0.2, -0.15) is 0 Å². The van der Waals surface area contributed by atoms with E-state index in [0.29, 0.717) is 13.0 Å². The van der Waals surface area contributed by atoms with E-state index in [2.05, 4.69) is 5.32 Å². The van der Waals surface area contributed by atoms with Crippen LogP contribution in [0, 0.1) is 0 Å². The summed E-state index contributed by atoms with van der Waals surface area (Å²) >= 11 is 0. The van der Waals surface area contributed by atoms with Gasteiger partial charge in [0.2, 0.25) is 5.91 Å². The summed E-state index contributed by atoms with van der Waals surface area (Å²) in [4.78, 5) is 27.4. The minimum atomic E-state index is -0.493. The molecule has 1 unspecified atom stereocenters. The zero-order chi connectivity index (χ0) is 17.2. The summed E-state index contributed by atoms with van der Waals surface area (Å²) in [7, 11) is 0. The summed E-state index contributed by atoms with van der Waals surface area (Å²) < 4.78 is 5.28. The van der Waals surface area contributed by atoms with E-state index in [1.54, 1.807) is 17.0 Å². The van der Waals surface area contributed by atoms with Crippen LogP contribution in [0.15, 0.2) is 47.1 Å². The first-order valence-electron chi connectivity index (χ1n) is 8.94. The maximum Gasteiger partial charge on any atom is 0.290 e. The van der Waals surface area contributed by atoms with Crippen LogP contribution in [0.25, 0.3) is 0 Å². The van der Waals surface area contributed by atoms with Crippen LogP contribution >= 0.6 is 0 Å². The highest BCUT2D eigenvalue weighted by Crippen LogP contribution is 2.26. The van der Waals surface area contributed by atoms with Crippen LogP contribution < -0.4 is 5.32 Å². The van der Waals surface area contributed by atoms with E-state index in [0.717, 1.165) is 36.8 Å². The molecular weight excluding hydrogens is 316 g/mol. The van der Waals surface area contributed by atoms with Gasteiger partial charge >= 0.3 is 0 Å². The van der Waals surface area contributed by atoms with Crippen molar-refractivity contribution in [1.29, 1.82) is 0 Å². The van der Waals surface area contributed by atoms with Gasteiger partial charge in [-0.15, -0.1) is 0 Å². The van der Waals surface area contributed by atoms with Gasteiger partial charge < -0.3 is 14.6 Å². The molecule has 1 N–H and O–H groups in total. The van der Waals surface area contributed by atoms with E-state index in [1.165, 1.54) is 6.26 Å². The summed E-state index contributed by atoms with van der Waals surface area (Å²) in [5.41, 5.74) is 2.23. The van der Waals surface area contributed by atoms with Gasteiger partial charge in [-0.25, -0.2) is 0 Å². The van der Waals surface area contributed by atoms with Crippen molar-refractivity contribution in [1.82, 2.24) is 10.2 Å². The van der Waals surface area contributed by atoms with Gasteiger partial charge in [-0.3, -0.25) is 9.59 Å². The van der Waals surface area contributed by atoms with Crippen molar-refractivity contribution in [2.45, 2.75) is 50.7 Å². The number of furan rings is 1. The highest BCUT2D eigenvalue weighted by Gasteiger charge is 2.36. The number of hydrogen-bond acceptors (Lipinski definition) is 3. The third kappa shape index (κ3) is 3.18. The number of nitrogens with one attached hydrogen (secondary N) is 1. The second-order valence-electron chi connectivity index (χ2n) is 6.89. The summed E-state index contributed by atoms with van der Waals surface area (Å²) in [6.07, 6.45) is 6.41. The monoisotopic (exact) mass is 338 g/mol. The molecular formula is C20H22N2O3. The SMILES string of the molecule is O=C(NC1CCCC1)C1Cc2ccccc2CN1C(=O)c1ccco1. The lowest BCUT2D eigenvalue weighted by Gasteiger charge is -2.36. The van der Waals surface area contributed by atoms with Crippen molar-refractivity contribution in [2.24, 2.45) is 0 Å². The van der Waals surface area contributed by atoms with Crippen LogP contribution in [-0.4, -0.2) is 28.8 Å². The van der Waals surface area contributed by atoms with Gasteiger partial charge in [0.25, 0.3) is 5.91 Å². The Balaban J connectivity index is 1.60. The lowest BCUT2D eigenvalue weighted by Crippen LogP contribution is -2.54. The van der Waals surface area contributed by atoms with Crippen molar-refractivity contribution in [3.63, 3.8) is 0 Å². The summed E-state index contributed by atoms with van der Waals surface area (Å²) in [6.45, 7) is 0.429. The third-order valence-electron chi connectivity index (χ3n) is 5.25. The number of amides is 2. The summed E-state index contributed by atoms with van der Waals surface area (Å²) in [5, 5.41) is 3.15. The average Bonchev–Trinajstić information content (AvgIpc) is 3.33. The lowest BCUT2D eigenvalue weighted by molar-refractivity contribution is -0.126. The fraction of sp³-hybridized carbons (Fsp3) is 0.400. The first kappa shape index (κ1) is 15.9. The van der Waals surface area contributed by atoms with Crippen molar-refractivity contribution in [3.05, 3.63) is 59.5 Å². The van der Waals surface area contributed by atoms with E-state index in [4.69, 9.17) is 4.42 Å². The standard InChI is InChI=1S/C20H22N2O3/c23-19(21-16-8-3-4-9-16)17-12-14-6-1-2-7-15(14)13-22(17)20(24)18-10-5-11-25-18/h1-2,5-7,10-11,16-17H,3-4,8-9,12-13H2,(H,21,23). The molecule has 5 heteroatoms. The molecule has 2 aliphatic rings. The molecule has 0 bridgehead atoms. The molecule has 130 valence electrons. The highest BCUT2D eigenvalue weighted by atomic mass is 16.3. The molecule has 5 nitrogen and oxygen atoms in total. The van der Waals surface area contributed by atoms with Crippen molar-refractivity contribution in [3.8, 4) is 0 Å². The Bertz CT molecular complexity index is 763. The fourth-order valence-electron chi connectivity index (χ4n) is 3.88. The predicted octanol–water partition coefficient (Wildman–Crippen LogP) is 2.91. The van der Waals surface area contributed by atoms with Crippen LogP contribution in [0.4, 0.5) is 0 Å². The molecule has 0 radical (unpaired) electrons. The van der Waals surface area contributed by atoms with Crippen molar-refractivity contribution < 1.29 is 14.0 Å². The van der Waals surface area contributed by atoms with E-state index < -0.39 is 6.04 Å². The molecule has 1 fully saturated rings. The second kappa shape index (κ2) is 6.75. The zero-order valence-corrected chi connectivity index (χ0v) is 14.1. The number of carbonyl (C=O) groups is 2. The van der Waals surface area contributed by atoms with E-state index in [9.17, 15) is 9.59 Å². The molecule has 1 saturated carbocycles. The number of hydrogen-bond donors (Lipinski definition) is 1. The molecule has 1 aromatic heterocycles. The Kier molecular flexibility index (Phi) is 4.30. The minimum absolute atomic E-state index is 0.0543. The maximum atomic E-state index is 12.9. The average molecular weight is 338 g/mol. The molecule has 1 atom stereocenters. The molecule has 1 aliphatic heterocycles. The van der Waals surface area contributed by atoms with Gasteiger partial charge in [-0.1, -0.05) is 37.1 Å². The third-order valence-corrected chi connectivity index (χ3v) is 5.25. The Labute approximate surface area is 147 Å². The summed E-state index contributed by atoms with van der Waals surface area (Å²) in [5.74, 6) is -0.00886. The van der Waals surface area contributed by atoms with Gasteiger partial charge in [-0.05, 0) is 36.1 Å². The largest absolute Gasteiger partial charge is 0.459 e. The topological polar surface area (TPSA) is 62.6 Å². The molecule has 2 heterocycles. The number of rotatable bonds is 3. The van der Waals surface area contributed by atoms with E-state index >= 15 is 0 Å².